The molecule has 0 aliphatic carbocycles. The first-order chi connectivity index (χ1) is 6.24. The number of nitrogens with one attached hydrogen (secondary N) is 1. The van der Waals surface area contributed by atoms with E-state index in [1.54, 1.807) is 0 Å². The molecule has 1 aliphatic rings. The number of esters is 1. The van der Waals surface area contributed by atoms with E-state index in [9.17, 15) is 4.79 Å². The zero-order valence-corrected chi connectivity index (χ0v) is 8.38. The smallest absolute Gasteiger partial charge is 0.319 e. The molecular formula is C9H18N2O2. The number of methoxy groups -OCH3 is 1. The number of rotatable bonds is 3. The summed E-state index contributed by atoms with van der Waals surface area (Å²) in [6.07, 6.45) is 2.24. The van der Waals surface area contributed by atoms with Crippen molar-refractivity contribution in [2.75, 3.05) is 33.8 Å². The van der Waals surface area contributed by atoms with E-state index in [0.29, 0.717) is 12.6 Å². The highest BCUT2D eigenvalue weighted by Gasteiger charge is 2.19. The van der Waals surface area contributed by atoms with Crippen molar-refractivity contribution in [2.24, 2.45) is 0 Å². The summed E-state index contributed by atoms with van der Waals surface area (Å²) in [5.74, 6) is -0.152. The van der Waals surface area contributed by atoms with Crippen LogP contribution >= 0.6 is 0 Å². The van der Waals surface area contributed by atoms with E-state index < -0.39 is 0 Å². The Morgan fingerprint density at radius 1 is 1.54 bits per heavy atom. The Labute approximate surface area is 79.2 Å². The SMILES string of the molecule is COC(=O)CN(C)C1CCNCC1. The van der Waals surface area contributed by atoms with Crippen molar-refractivity contribution >= 4 is 5.97 Å². The van der Waals surface area contributed by atoms with Gasteiger partial charge in [0.05, 0.1) is 13.7 Å². The summed E-state index contributed by atoms with van der Waals surface area (Å²) in [5, 5.41) is 3.29. The van der Waals surface area contributed by atoms with Gasteiger partial charge in [0, 0.05) is 6.04 Å². The van der Waals surface area contributed by atoms with Crippen LogP contribution < -0.4 is 5.32 Å². The highest BCUT2D eigenvalue weighted by Crippen LogP contribution is 2.09. The van der Waals surface area contributed by atoms with Crippen molar-refractivity contribution in [3.8, 4) is 0 Å². The predicted octanol–water partition coefficient (Wildman–Crippen LogP) is -0.157. The maximum atomic E-state index is 11.0. The van der Waals surface area contributed by atoms with E-state index >= 15 is 0 Å². The summed E-state index contributed by atoms with van der Waals surface area (Å²) in [6, 6.07) is 0.528. The van der Waals surface area contributed by atoms with Crippen LogP contribution in [0, 0.1) is 0 Å². The van der Waals surface area contributed by atoms with E-state index in [2.05, 4.69) is 15.0 Å². The molecule has 4 heteroatoms. The largest absolute Gasteiger partial charge is 0.468 e. The molecule has 0 aromatic rings. The molecule has 0 bridgehead atoms. The second-order valence-corrected chi connectivity index (χ2v) is 3.47. The normalized spacial score (nSPS) is 19.0. The first kappa shape index (κ1) is 10.5. The van der Waals surface area contributed by atoms with Crippen LogP contribution in [0.2, 0.25) is 0 Å². The van der Waals surface area contributed by atoms with Gasteiger partial charge >= 0.3 is 5.97 Å². The standard InChI is InChI=1S/C9H18N2O2/c1-11(7-9(12)13-2)8-3-5-10-6-4-8/h8,10H,3-7H2,1-2H3. The van der Waals surface area contributed by atoms with Crippen LogP contribution in [0.5, 0.6) is 0 Å². The lowest BCUT2D eigenvalue weighted by Crippen LogP contribution is -2.43. The van der Waals surface area contributed by atoms with Gasteiger partial charge < -0.3 is 10.1 Å². The van der Waals surface area contributed by atoms with Gasteiger partial charge in [0.25, 0.3) is 0 Å². The third-order valence-electron chi connectivity index (χ3n) is 2.54. The molecule has 0 radical (unpaired) electrons. The van der Waals surface area contributed by atoms with Crippen molar-refractivity contribution < 1.29 is 9.53 Å². The van der Waals surface area contributed by atoms with Crippen LogP contribution in [-0.2, 0) is 9.53 Å². The second kappa shape index (κ2) is 5.19. The molecule has 1 saturated heterocycles. The molecule has 1 rings (SSSR count). The Morgan fingerprint density at radius 3 is 2.69 bits per heavy atom. The van der Waals surface area contributed by atoms with Crippen molar-refractivity contribution in [2.45, 2.75) is 18.9 Å². The summed E-state index contributed by atoms with van der Waals surface area (Å²) in [6.45, 7) is 2.51. The van der Waals surface area contributed by atoms with Crippen molar-refractivity contribution in [1.29, 1.82) is 0 Å². The van der Waals surface area contributed by atoms with Crippen LogP contribution in [0.15, 0.2) is 0 Å². The van der Waals surface area contributed by atoms with Crippen molar-refractivity contribution in [1.82, 2.24) is 10.2 Å². The molecular weight excluding hydrogens is 168 g/mol. The van der Waals surface area contributed by atoms with Gasteiger partial charge in [-0.25, -0.2) is 0 Å². The number of piperidine rings is 1. The fourth-order valence-corrected chi connectivity index (χ4v) is 1.64. The Kier molecular flexibility index (Phi) is 4.18. The van der Waals surface area contributed by atoms with Gasteiger partial charge in [-0.3, -0.25) is 9.69 Å². The van der Waals surface area contributed by atoms with Gasteiger partial charge in [-0.15, -0.1) is 0 Å². The van der Waals surface area contributed by atoms with E-state index in [1.807, 2.05) is 7.05 Å². The molecule has 0 unspecified atom stereocenters. The Morgan fingerprint density at radius 2 is 2.15 bits per heavy atom. The zero-order valence-electron chi connectivity index (χ0n) is 8.38. The predicted molar refractivity (Wildman–Crippen MR) is 50.5 cm³/mol. The van der Waals surface area contributed by atoms with Crippen LogP contribution in [-0.4, -0.2) is 50.7 Å². The molecule has 1 heterocycles. The highest BCUT2D eigenvalue weighted by molar-refractivity contribution is 5.71. The maximum absolute atomic E-state index is 11.0. The van der Waals surface area contributed by atoms with Crippen molar-refractivity contribution in [3.05, 3.63) is 0 Å². The number of carbonyl (C=O) groups is 1. The number of nitrogens with zero attached hydrogens (tertiary/aromatic N) is 1. The second-order valence-electron chi connectivity index (χ2n) is 3.47. The molecule has 0 spiro atoms. The number of likely N-dealkylation sites (N-methyl/N-ethyl adjacent to an activating group) is 1. The minimum atomic E-state index is -0.152. The summed E-state index contributed by atoms with van der Waals surface area (Å²) in [5.41, 5.74) is 0. The lowest BCUT2D eigenvalue weighted by molar-refractivity contribution is -0.142. The summed E-state index contributed by atoms with van der Waals surface area (Å²) in [4.78, 5) is 13.1. The Hall–Kier alpha value is -0.610. The molecule has 0 aromatic carbocycles. The molecule has 1 N–H and O–H groups in total. The third-order valence-corrected chi connectivity index (χ3v) is 2.54. The lowest BCUT2D eigenvalue weighted by Gasteiger charge is -2.30. The van der Waals surface area contributed by atoms with Crippen LogP contribution in [0.3, 0.4) is 0 Å². The van der Waals surface area contributed by atoms with E-state index in [0.717, 1.165) is 25.9 Å². The molecule has 0 aromatic heterocycles. The molecule has 0 saturated carbocycles. The van der Waals surface area contributed by atoms with E-state index in [4.69, 9.17) is 0 Å². The van der Waals surface area contributed by atoms with Crippen LogP contribution in [0.25, 0.3) is 0 Å². The zero-order chi connectivity index (χ0) is 9.68. The average Bonchev–Trinajstić information content (AvgIpc) is 2.19. The number of ether oxygens (including phenoxy) is 1. The summed E-state index contributed by atoms with van der Waals surface area (Å²) < 4.78 is 4.62. The summed E-state index contributed by atoms with van der Waals surface area (Å²) >= 11 is 0. The molecule has 4 nitrogen and oxygen atoms in total. The third kappa shape index (κ3) is 3.32. The highest BCUT2D eigenvalue weighted by atomic mass is 16.5. The number of carbonyl (C=O) groups excluding carboxylic acids is 1. The van der Waals surface area contributed by atoms with E-state index in [-0.39, 0.29) is 5.97 Å². The van der Waals surface area contributed by atoms with Crippen LogP contribution in [0.4, 0.5) is 0 Å². The fraction of sp³-hybridized carbons (Fsp3) is 0.889. The fourth-order valence-electron chi connectivity index (χ4n) is 1.64. The molecule has 0 atom stereocenters. The summed E-state index contributed by atoms with van der Waals surface area (Å²) in [7, 11) is 3.41. The Balaban J connectivity index is 2.28. The molecule has 1 aliphatic heterocycles. The quantitative estimate of drug-likeness (QED) is 0.622. The van der Waals surface area contributed by atoms with Gasteiger partial charge in [-0.2, -0.15) is 0 Å². The number of hydrogen-bond donors (Lipinski definition) is 1. The number of hydrogen-bond acceptors (Lipinski definition) is 4. The van der Waals surface area contributed by atoms with Gasteiger partial charge in [-0.1, -0.05) is 0 Å². The average molecular weight is 186 g/mol. The molecule has 1 fully saturated rings. The van der Waals surface area contributed by atoms with Gasteiger partial charge in [0.15, 0.2) is 0 Å². The monoisotopic (exact) mass is 186 g/mol. The van der Waals surface area contributed by atoms with Gasteiger partial charge in [0.1, 0.15) is 0 Å². The maximum Gasteiger partial charge on any atom is 0.319 e. The van der Waals surface area contributed by atoms with Gasteiger partial charge in [0.2, 0.25) is 0 Å². The Bertz CT molecular complexity index is 167. The molecule has 0 amide bonds. The topological polar surface area (TPSA) is 41.6 Å². The molecule has 76 valence electrons. The first-order valence-electron chi connectivity index (χ1n) is 4.72. The minimum absolute atomic E-state index is 0.152. The lowest BCUT2D eigenvalue weighted by atomic mass is 10.1. The van der Waals surface area contributed by atoms with Crippen molar-refractivity contribution in [3.63, 3.8) is 0 Å². The first-order valence-corrected chi connectivity index (χ1v) is 4.72. The van der Waals surface area contributed by atoms with Crippen LogP contribution in [0.1, 0.15) is 12.8 Å². The van der Waals surface area contributed by atoms with E-state index in [1.165, 1.54) is 7.11 Å². The minimum Gasteiger partial charge on any atom is -0.468 e. The van der Waals surface area contributed by atoms with Gasteiger partial charge in [-0.05, 0) is 33.0 Å². The molecule has 13 heavy (non-hydrogen) atoms.